The molecule has 5 nitrogen and oxygen atoms in total. The fourth-order valence-electron chi connectivity index (χ4n) is 1.39. The Balaban J connectivity index is 3.17. The SMILES string of the molecule is COc1nccc(C(C)O)c1NC(=O)C(C)(C)C. The molecule has 1 atom stereocenters. The molecular weight excluding hydrogens is 232 g/mol. The first-order valence-corrected chi connectivity index (χ1v) is 5.79. The lowest BCUT2D eigenvalue weighted by Gasteiger charge is -2.21. The number of rotatable bonds is 3. The van der Waals surface area contributed by atoms with Crippen molar-refractivity contribution in [2.75, 3.05) is 12.4 Å². The van der Waals surface area contributed by atoms with E-state index in [1.54, 1.807) is 13.0 Å². The number of pyridine rings is 1. The molecule has 0 fully saturated rings. The first-order chi connectivity index (χ1) is 8.27. The molecular formula is C13H20N2O3. The van der Waals surface area contributed by atoms with Gasteiger partial charge in [-0.05, 0) is 13.0 Å². The van der Waals surface area contributed by atoms with E-state index < -0.39 is 11.5 Å². The maximum Gasteiger partial charge on any atom is 0.237 e. The molecule has 1 amide bonds. The number of aromatic nitrogens is 1. The zero-order chi connectivity index (χ0) is 13.9. The Morgan fingerprint density at radius 1 is 1.50 bits per heavy atom. The number of nitrogens with one attached hydrogen (secondary N) is 1. The molecule has 1 aromatic heterocycles. The second-order valence-corrected chi connectivity index (χ2v) is 5.16. The molecule has 5 heteroatoms. The van der Waals surface area contributed by atoms with E-state index in [1.807, 2.05) is 20.8 Å². The van der Waals surface area contributed by atoms with Gasteiger partial charge in [0.05, 0.1) is 13.2 Å². The summed E-state index contributed by atoms with van der Waals surface area (Å²) in [4.78, 5) is 16.0. The van der Waals surface area contributed by atoms with Gasteiger partial charge in [-0.15, -0.1) is 0 Å². The molecule has 0 aliphatic heterocycles. The zero-order valence-electron chi connectivity index (χ0n) is 11.4. The molecule has 0 bridgehead atoms. The molecule has 2 N–H and O–H groups in total. The topological polar surface area (TPSA) is 71.5 Å². The minimum absolute atomic E-state index is 0.157. The van der Waals surface area contributed by atoms with Gasteiger partial charge in [0.1, 0.15) is 5.69 Å². The lowest BCUT2D eigenvalue weighted by Crippen LogP contribution is -2.28. The van der Waals surface area contributed by atoms with Crippen molar-refractivity contribution in [2.45, 2.75) is 33.8 Å². The van der Waals surface area contributed by atoms with Crippen LogP contribution in [0.3, 0.4) is 0 Å². The number of aliphatic hydroxyl groups excluding tert-OH is 1. The summed E-state index contributed by atoms with van der Waals surface area (Å²) < 4.78 is 5.11. The van der Waals surface area contributed by atoms with E-state index in [-0.39, 0.29) is 5.91 Å². The van der Waals surface area contributed by atoms with Gasteiger partial charge in [0, 0.05) is 17.2 Å². The van der Waals surface area contributed by atoms with Gasteiger partial charge < -0.3 is 15.2 Å². The minimum Gasteiger partial charge on any atom is -0.480 e. The van der Waals surface area contributed by atoms with E-state index in [1.165, 1.54) is 13.3 Å². The summed E-state index contributed by atoms with van der Waals surface area (Å²) in [5.74, 6) is 0.140. The van der Waals surface area contributed by atoms with Crippen LogP contribution < -0.4 is 10.1 Å². The number of hydrogen-bond donors (Lipinski definition) is 2. The lowest BCUT2D eigenvalue weighted by molar-refractivity contribution is -0.123. The number of anilines is 1. The fourth-order valence-corrected chi connectivity index (χ4v) is 1.39. The van der Waals surface area contributed by atoms with Crippen molar-refractivity contribution in [3.8, 4) is 5.88 Å². The van der Waals surface area contributed by atoms with Gasteiger partial charge >= 0.3 is 0 Å². The van der Waals surface area contributed by atoms with Gasteiger partial charge in [-0.1, -0.05) is 20.8 Å². The minimum atomic E-state index is -0.711. The predicted molar refractivity (Wildman–Crippen MR) is 69.5 cm³/mol. The zero-order valence-corrected chi connectivity index (χ0v) is 11.4. The van der Waals surface area contributed by atoms with Crippen LogP contribution in [0.25, 0.3) is 0 Å². The van der Waals surface area contributed by atoms with Gasteiger partial charge in [0.15, 0.2) is 0 Å². The summed E-state index contributed by atoms with van der Waals surface area (Å²) in [7, 11) is 1.47. The van der Waals surface area contributed by atoms with Gasteiger partial charge in [0.25, 0.3) is 0 Å². The van der Waals surface area contributed by atoms with E-state index in [9.17, 15) is 9.90 Å². The highest BCUT2D eigenvalue weighted by Gasteiger charge is 2.24. The predicted octanol–water partition coefficient (Wildman–Crippen LogP) is 2.13. The van der Waals surface area contributed by atoms with Crippen molar-refractivity contribution < 1.29 is 14.6 Å². The highest BCUT2D eigenvalue weighted by molar-refractivity contribution is 5.96. The Kier molecular flexibility index (Phi) is 4.29. The van der Waals surface area contributed by atoms with Crippen LogP contribution in [-0.2, 0) is 4.79 Å². The molecule has 0 aromatic carbocycles. The summed E-state index contributed by atoms with van der Waals surface area (Å²) in [6.07, 6.45) is 0.824. The highest BCUT2D eigenvalue weighted by atomic mass is 16.5. The average Bonchev–Trinajstić information content (AvgIpc) is 2.27. The number of carbonyl (C=O) groups is 1. The highest BCUT2D eigenvalue weighted by Crippen LogP contribution is 2.31. The molecule has 1 aromatic rings. The van der Waals surface area contributed by atoms with E-state index >= 15 is 0 Å². The Hall–Kier alpha value is -1.62. The first kappa shape index (κ1) is 14.4. The van der Waals surface area contributed by atoms with Gasteiger partial charge in [-0.2, -0.15) is 0 Å². The fraction of sp³-hybridized carbons (Fsp3) is 0.538. The average molecular weight is 252 g/mol. The number of ether oxygens (including phenoxy) is 1. The summed E-state index contributed by atoms with van der Waals surface area (Å²) >= 11 is 0. The maximum absolute atomic E-state index is 12.0. The van der Waals surface area contributed by atoms with Gasteiger partial charge in [0.2, 0.25) is 11.8 Å². The third-order valence-corrected chi connectivity index (χ3v) is 2.51. The number of carbonyl (C=O) groups excluding carboxylic acids is 1. The van der Waals surface area contributed by atoms with Crippen molar-refractivity contribution >= 4 is 11.6 Å². The van der Waals surface area contributed by atoms with E-state index in [0.717, 1.165) is 0 Å². The van der Waals surface area contributed by atoms with Crippen LogP contribution in [0, 0.1) is 5.41 Å². The normalized spacial score (nSPS) is 13.0. The van der Waals surface area contributed by atoms with Crippen molar-refractivity contribution in [1.29, 1.82) is 0 Å². The van der Waals surface area contributed by atoms with Crippen LogP contribution >= 0.6 is 0 Å². The largest absolute Gasteiger partial charge is 0.480 e. The molecule has 100 valence electrons. The second-order valence-electron chi connectivity index (χ2n) is 5.16. The van der Waals surface area contributed by atoms with Crippen LogP contribution in [0.4, 0.5) is 5.69 Å². The van der Waals surface area contributed by atoms with Gasteiger partial charge in [-0.25, -0.2) is 4.98 Å². The number of nitrogens with zero attached hydrogens (tertiary/aromatic N) is 1. The molecule has 0 saturated carbocycles. The molecule has 18 heavy (non-hydrogen) atoms. The van der Waals surface area contributed by atoms with E-state index in [0.29, 0.717) is 17.1 Å². The maximum atomic E-state index is 12.0. The number of amides is 1. The van der Waals surface area contributed by atoms with Crippen LogP contribution in [-0.4, -0.2) is 23.1 Å². The van der Waals surface area contributed by atoms with Crippen LogP contribution in [0.2, 0.25) is 0 Å². The van der Waals surface area contributed by atoms with Crippen LogP contribution in [0.15, 0.2) is 12.3 Å². The number of methoxy groups -OCH3 is 1. The van der Waals surface area contributed by atoms with Gasteiger partial charge in [-0.3, -0.25) is 4.79 Å². The third kappa shape index (κ3) is 3.20. The molecule has 1 unspecified atom stereocenters. The summed E-state index contributed by atoms with van der Waals surface area (Å²) in [5, 5.41) is 12.5. The molecule has 0 saturated heterocycles. The van der Waals surface area contributed by atoms with E-state index in [4.69, 9.17) is 4.74 Å². The quantitative estimate of drug-likeness (QED) is 0.864. The summed E-state index contributed by atoms with van der Waals surface area (Å²) in [5.41, 5.74) is 0.478. The monoisotopic (exact) mass is 252 g/mol. The summed E-state index contributed by atoms with van der Waals surface area (Å²) in [6.45, 7) is 7.06. The standard InChI is InChI=1S/C13H20N2O3/c1-8(16)9-6-7-14-11(18-5)10(9)15-12(17)13(2,3)4/h6-8,16H,1-5H3,(H,15,17). The Bertz CT molecular complexity index is 436. The van der Waals surface area contributed by atoms with Crippen molar-refractivity contribution in [3.05, 3.63) is 17.8 Å². The van der Waals surface area contributed by atoms with Crippen LogP contribution in [0.5, 0.6) is 5.88 Å². The first-order valence-electron chi connectivity index (χ1n) is 5.79. The number of hydrogen-bond acceptors (Lipinski definition) is 4. The Morgan fingerprint density at radius 3 is 2.56 bits per heavy atom. The molecule has 0 spiro atoms. The van der Waals surface area contributed by atoms with Crippen molar-refractivity contribution in [1.82, 2.24) is 4.98 Å². The van der Waals surface area contributed by atoms with Crippen LogP contribution in [0.1, 0.15) is 39.4 Å². The molecule has 0 aliphatic rings. The molecule has 0 radical (unpaired) electrons. The molecule has 1 heterocycles. The van der Waals surface area contributed by atoms with E-state index in [2.05, 4.69) is 10.3 Å². The third-order valence-electron chi connectivity index (χ3n) is 2.51. The van der Waals surface area contributed by atoms with Crippen molar-refractivity contribution in [3.63, 3.8) is 0 Å². The Labute approximate surface area is 107 Å². The smallest absolute Gasteiger partial charge is 0.237 e. The molecule has 1 rings (SSSR count). The van der Waals surface area contributed by atoms with Crippen molar-refractivity contribution in [2.24, 2.45) is 5.41 Å². The Morgan fingerprint density at radius 2 is 2.11 bits per heavy atom. The molecule has 0 aliphatic carbocycles. The second kappa shape index (κ2) is 5.35. The number of aliphatic hydroxyl groups is 1. The lowest BCUT2D eigenvalue weighted by atomic mass is 9.95. The summed E-state index contributed by atoms with van der Waals surface area (Å²) in [6, 6.07) is 1.66.